The van der Waals surface area contributed by atoms with E-state index in [4.69, 9.17) is 16.3 Å². The molecule has 0 saturated carbocycles. The summed E-state index contributed by atoms with van der Waals surface area (Å²) >= 11 is 1.21. The first-order valence-corrected chi connectivity index (χ1v) is 11.0. The maximum Gasteiger partial charge on any atom is 0.233 e. The lowest BCUT2D eigenvalue weighted by Gasteiger charge is -2.31. The zero-order valence-corrected chi connectivity index (χ0v) is 18.1. The van der Waals surface area contributed by atoms with Crippen LogP contribution in [0.15, 0.2) is 29.4 Å². The average Bonchev–Trinajstić information content (AvgIpc) is 3.10. The van der Waals surface area contributed by atoms with Crippen molar-refractivity contribution in [2.75, 3.05) is 24.7 Å². The first-order chi connectivity index (χ1) is 14.3. The van der Waals surface area contributed by atoms with Crippen molar-refractivity contribution in [2.45, 2.75) is 44.4 Å². The van der Waals surface area contributed by atoms with E-state index in [0.717, 1.165) is 18.6 Å². The van der Waals surface area contributed by atoms with Gasteiger partial charge in [-0.25, -0.2) is 4.68 Å². The number of piperidine rings is 1. The van der Waals surface area contributed by atoms with Gasteiger partial charge in [-0.1, -0.05) is 37.7 Å². The van der Waals surface area contributed by atoms with Crippen LogP contribution in [0.2, 0.25) is 0 Å². The Morgan fingerprint density at radius 1 is 1.27 bits per heavy atom. The molecule has 162 valence electrons. The van der Waals surface area contributed by atoms with Crippen molar-refractivity contribution in [3.8, 4) is 5.75 Å². The second-order valence-electron chi connectivity index (χ2n) is 7.65. The van der Waals surface area contributed by atoms with Crippen LogP contribution in [0.1, 0.15) is 44.0 Å². The molecule has 1 fully saturated rings. The molecule has 9 nitrogen and oxygen atoms in total. The second kappa shape index (κ2) is 9.84. The molecule has 2 amide bonds. The minimum absolute atomic E-state index is 0.0722. The number of hydrogen-bond donors (Lipinski definition) is 2. The van der Waals surface area contributed by atoms with Gasteiger partial charge in [0.2, 0.25) is 17.0 Å². The SMILES string of the molecule is CC(C)c1ccc(OCc2nnc(SCC(=O)N3CCCC(C(N)=O)C3)n2N)cc1. The Morgan fingerprint density at radius 3 is 2.67 bits per heavy atom. The summed E-state index contributed by atoms with van der Waals surface area (Å²) in [5.41, 5.74) is 6.62. The third-order valence-corrected chi connectivity index (χ3v) is 6.08. The normalized spacial score (nSPS) is 16.6. The van der Waals surface area contributed by atoms with Gasteiger partial charge >= 0.3 is 0 Å². The zero-order chi connectivity index (χ0) is 21.7. The Labute approximate surface area is 180 Å². The first kappa shape index (κ1) is 21.9. The van der Waals surface area contributed by atoms with E-state index in [-0.39, 0.29) is 30.1 Å². The Kier molecular flexibility index (Phi) is 7.20. The quantitative estimate of drug-likeness (QED) is 0.478. The highest BCUT2D eigenvalue weighted by atomic mass is 32.2. The largest absolute Gasteiger partial charge is 0.486 e. The summed E-state index contributed by atoms with van der Waals surface area (Å²) in [4.78, 5) is 25.5. The molecule has 1 aromatic heterocycles. The van der Waals surface area contributed by atoms with Crippen molar-refractivity contribution in [1.29, 1.82) is 0 Å². The highest BCUT2D eigenvalue weighted by Crippen LogP contribution is 2.21. The summed E-state index contributed by atoms with van der Waals surface area (Å²) in [5, 5.41) is 8.54. The van der Waals surface area contributed by atoms with Crippen molar-refractivity contribution in [3.05, 3.63) is 35.7 Å². The number of nitrogen functional groups attached to an aromatic ring is 1. The smallest absolute Gasteiger partial charge is 0.233 e. The average molecular weight is 433 g/mol. The van der Waals surface area contributed by atoms with E-state index in [1.165, 1.54) is 22.0 Å². The number of rotatable bonds is 8. The van der Waals surface area contributed by atoms with Crippen molar-refractivity contribution >= 4 is 23.6 Å². The summed E-state index contributed by atoms with van der Waals surface area (Å²) < 4.78 is 7.08. The molecular formula is C20H28N6O3S. The summed E-state index contributed by atoms with van der Waals surface area (Å²) in [6, 6.07) is 7.89. The number of amides is 2. The van der Waals surface area contributed by atoms with Gasteiger partial charge in [0.25, 0.3) is 0 Å². The van der Waals surface area contributed by atoms with E-state index in [0.29, 0.717) is 30.0 Å². The van der Waals surface area contributed by atoms with Gasteiger partial charge in [0.15, 0.2) is 5.82 Å². The number of aromatic nitrogens is 3. The topological polar surface area (TPSA) is 129 Å². The van der Waals surface area contributed by atoms with E-state index < -0.39 is 0 Å². The van der Waals surface area contributed by atoms with Crippen molar-refractivity contribution in [2.24, 2.45) is 11.7 Å². The summed E-state index contributed by atoms with van der Waals surface area (Å²) in [5.74, 6) is 7.17. The Bertz CT molecular complexity index is 883. The predicted octanol–water partition coefficient (Wildman–Crippen LogP) is 1.51. The third-order valence-electron chi connectivity index (χ3n) is 5.15. The van der Waals surface area contributed by atoms with Crippen molar-refractivity contribution in [1.82, 2.24) is 19.8 Å². The van der Waals surface area contributed by atoms with E-state index >= 15 is 0 Å². The molecule has 0 spiro atoms. The minimum Gasteiger partial charge on any atom is -0.486 e. The standard InChI is InChI=1S/C20H28N6O3S/c1-13(2)14-5-7-16(8-6-14)29-11-17-23-24-20(26(17)22)30-12-18(27)25-9-3-4-15(10-25)19(21)28/h5-8,13,15H,3-4,9-12,22H2,1-2H3,(H2,21,28). The minimum atomic E-state index is -0.356. The Hall–Kier alpha value is -2.75. The van der Waals surface area contributed by atoms with Crippen LogP contribution in [0.5, 0.6) is 5.75 Å². The van der Waals surface area contributed by atoms with Gasteiger partial charge in [0.1, 0.15) is 12.4 Å². The molecule has 1 aliphatic rings. The molecule has 0 radical (unpaired) electrons. The Balaban J connectivity index is 1.51. The molecular weight excluding hydrogens is 404 g/mol. The molecule has 1 aromatic carbocycles. The highest BCUT2D eigenvalue weighted by Gasteiger charge is 2.27. The molecule has 4 N–H and O–H groups in total. The lowest BCUT2D eigenvalue weighted by atomic mass is 9.97. The van der Waals surface area contributed by atoms with Gasteiger partial charge in [-0.3, -0.25) is 9.59 Å². The fourth-order valence-electron chi connectivity index (χ4n) is 3.25. The van der Waals surface area contributed by atoms with E-state index in [9.17, 15) is 9.59 Å². The molecule has 1 unspecified atom stereocenters. The number of carbonyl (C=O) groups is 2. The third kappa shape index (κ3) is 5.44. The summed E-state index contributed by atoms with van der Waals surface area (Å²) in [7, 11) is 0. The van der Waals surface area contributed by atoms with Crippen LogP contribution < -0.4 is 16.3 Å². The van der Waals surface area contributed by atoms with Gasteiger partial charge in [-0.2, -0.15) is 0 Å². The van der Waals surface area contributed by atoms with Crippen LogP contribution in [0.25, 0.3) is 0 Å². The molecule has 1 aliphatic heterocycles. The highest BCUT2D eigenvalue weighted by molar-refractivity contribution is 7.99. The van der Waals surface area contributed by atoms with Crippen LogP contribution in [0.3, 0.4) is 0 Å². The number of thioether (sulfide) groups is 1. The number of carbonyl (C=O) groups excluding carboxylic acids is 2. The molecule has 1 saturated heterocycles. The molecule has 0 bridgehead atoms. The molecule has 0 aliphatic carbocycles. The number of nitrogens with two attached hydrogens (primary N) is 2. The lowest BCUT2D eigenvalue weighted by molar-refractivity contribution is -0.132. The van der Waals surface area contributed by atoms with Crippen LogP contribution >= 0.6 is 11.8 Å². The number of ether oxygens (including phenoxy) is 1. The monoisotopic (exact) mass is 432 g/mol. The summed E-state index contributed by atoms with van der Waals surface area (Å²) in [6.07, 6.45) is 1.50. The number of hydrogen-bond acceptors (Lipinski definition) is 7. The molecule has 10 heteroatoms. The zero-order valence-electron chi connectivity index (χ0n) is 17.3. The fraction of sp³-hybridized carbons (Fsp3) is 0.500. The maximum absolute atomic E-state index is 12.5. The van der Waals surface area contributed by atoms with E-state index in [1.807, 2.05) is 24.3 Å². The van der Waals surface area contributed by atoms with Gasteiger partial charge in [-0.05, 0) is 36.5 Å². The van der Waals surface area contributed by atoms with E-state index in [1.54, 1.807) is 4.90 Å². The molecule has 30 heavy (non-hydrogen) atoms. The number of primary amides is 1. The number of likely N-dealkylation sites (tertiary alicyclic amines) is 1. The maximum atomic E-state index is 12.5. The Morgan fingerprint density at radius 2 is 2.00 bits per heavy atom. The molecule has 3 rings (SSSR count). The molecule has 2 aromatic rings. The van der Waals surface area contributed by atoms with Gasteiger partial charge in [-0.15, -0.1) is 10.2 Å². The van der Waals surface area contributed by atoms with Crippen LogP contribution in [-0.2, 0) is 16.2 Å². The number of nitrogens with zero attached hydrogens (tertiary/aromatic N) is 4. The first-order valence-electron chi connectivity index (χ1n) is 9.97. The van der Waals surface area contributed by atoms with Crippen LogP contribution in [0, 0.1) is 5.92 Å². The van der Waals surface area contributed by atoms with Crippen LogP contribution in [0.4, 0.5) is 0 Å². The van der Waals surface area contributed by atoms with Crippen molar-refractivity contribution < 1.29 is 14.3 Å². The molecule has 1 atom stereocenters. The van der Waals surface area contributed by atoms with Crippen LogP contribution in [-0.4, -0.2) is 50.4 Å². The van der Waals surface area contributed by atoms with Gasteiger partial charge < -0.3 is 21.2 Å². The molecule has 2 heterocycles. The van der Waals surface area contributed by atoms with Gasteiger partial charge in [0.05, 0.1) is 11.7 Å². The van der Waals surface area contributed by atoms with E-state index in [2.05, 4.69) is 24.0 Å². The summed E-state index contributed by atoms with van der Waals surface area (Å²) in [6.45, 7) is 5.45. The lowest BCUT2D eigenvalue weighted by Crippen LogP contribution is -2.44. The van der Waals surface area contributed by atoms with Crippen molar-refractivity contribution in [3.63, 3.8) is 0 Å². The second-order valence-corrected chi connectivity index (χ2v) is 8.59. The fourth-order valence-corrected chi connectivity index (χ4v) is 4.03. The predicted molar refractivity (Wildman–Crippen MR) is 114 cm³/mol. The number of benzene rings is 1. The van der Waals surface area contributed by atoms with Gasteiger partial charge in [0, 0.05) is 13.1 Å².